The molecule has 2 atom stereocenters. The SMILES string of the molecule is CNC(C1CCc2ccccc21)C(C)(C)C. The maximum Gasteiger partial charge on any atom is 0.0181 e. The minimum absolute atomic E-state index is 0.316. The monoisotopic (exact) mass is 217 g/mol. The van der Waals surface area contributed by atoms with E-state index < -0.39 is 0 Å². The lowest BCUT2D eigenvalue weighted by Crippen LogP contribution is -2.42. The van der Waals surface area contributed by atoms with E-state index in [-0.39, 0.29) is 0 Å². The first-order chi connectivity index (χ1) is 7.54. The van der Waals surface area contributed by atoms with E-state index in [9.17, 15) is 0 Å². The number of benzene rings is 1. The fraction of sp³-hybridized carbons (Fsp3) is 0.600. The third-order valence-electron chi connectivity index (χ3n) is 3.83. The van der Waals surface area contributed by atoms with Gasteiger partial charge in [0.2, 0.25) is 0 Å². The van der Waals surface area contributed by atoms with Gasteiger partial charge in [0.1, 0.15) is 0 Å². The van der Waals surface area contributed by atoms with Gasteiger partial charge in [0.05, 0.1) is 0 Å². The molecule has 0 fully saturated rings. The lowest BCUT2D eigenvalue weighted by atomic mass is 9.77. The Morgan fingerprint density at radius 2 is 1.94 bits per heavy atom. The van der Waals surface area contributed by atoms with Gasteiger partial charge < -0.3 is 5.32 Å². The molecule has 2 rings (SSSR count). The standard InChI is InChI=1S/C15H23N/c1-15(2,3)14(16-4)13-10-9-11-7-5-6-8-12(11)13/h5-8,13-14,16H,9-10H2,1-4H3. The minimum Gasteiger partial charge on any atom is -0.316 e. The summed E-state index contributed by atoms with van der Waals surface area (Å²) in [5.41, 5.74) is 3.44. The van der Waals surface area contributed by atoms with Gasteiger partial charge in [0.15, 0.2) is 0 Å². The molecule has 0 saturated heterocycles. The van der Waals surface area contributed by atoms with Crippen molar-refractivity contribution >= 4 is 0 Å². The van der Waals surface area contributed by atoms with E-state index in [0.717, 1.165) is 0 Å². The number of likely N-dealkylation sites (N-methyl/N-ethyl adjacent to an activating group) is 1. The molecule has 16 heavy (non-hydrogen) atoms. The molecule has 0 amide bonds. The van der Waals surface area contributed by atoms with Crippen LogP contribution in [-0.2, 0) is 6.42 Å². The third-order valence-corrected chi connectivity index (χ3v) is 3.83. The van der Waals surface area contributed by atoms with Crippen LogP contribution in [0.1, 0.15) is 44.2 Å². The second-order valence-electron chi connectivity index (χ2n) is 5.98. The molecule has 1 nitrogen and oxygen atoms in total. The summed E-state index contributed by atoms with van der Waals surface area (Å²) in [6, 6.07) is 9.49. The Kier molecular flexibility index (Phi) is 3.07. The zero-order chi connectivity index (χ0) is 11.8. The maximum absolute atomic E-state index is 3.52. The highest BCUT2D eigenvalue weighted by Crippen LogP contribution is 2.40. The van der Waals surface area contributed by atoms with Crippen molar-refractivity contribution in [3.63, 3.8) is 0 Å². The number of hydrogen-bond acceptors (Lipinski definition) is 1. The van der Waals surface area contributed by atoms with Crippen molar-refractivity contribution < 1.29 is 0 Å². The second-order valence-corrected chi connectivity index (χ2v) is 5.98. The molecule has 0 saturated carbocycles. The van der Waals surface area contributed by atoms with Crippen molar-refractivity contribution in [3.8, 4) is 0 Å². The molecule has 1 heteroatoms. The molecule has 1 aliphatic rings. The first-order valence-corrected chi connectivity index (χ1v) is 6.29. The van der Waals surface area contributed by atoms with Gasteiger partial charge in [-0.2, -0.15) is 0 Å². The largest absolute Gasteiger partial charge is 0.316 e. The van der Waals surface area contributed by atoms with Crippen LogP contribution in [0.4, 0.5) is 0 Å². The van der Waals surface area contributed by atoms with E-state index in [2.05, 4.69) is 57.4 Å². The van der Waals surface area contributed by atoms with Crippen LogP contribution in [0.15, 0.2) is 24.3 Å². The van der Waals surface area contributed by atoms with Crippen molar-refractivity contribution in [2.45, 2.75) is 45.6 Å². The zero-order valence-corrected chi connectivity index (χ0v) is 10.9. The van der Waals surface area contributed by atoms with E-state index in [1.165, 1.54) is 12.8 Å². The normalized spacial score (nSPS) is 21.9. The minimum atomic E-state index is 0.316. The number of rotatable bonds is 2. The molecular formula is C15H23N. The lowest BCUT2D eigenvalue weighted by molar-refractivity contribution is 0.242. The summed E-state index contributed by atoms with van der Waals surface area (Å²) in [6.45, 7) is 6.99. The number of fused-ring (bicyclic) bond motifs is 1. The fourth-order valence-corrected chi connectivity index (χ4v) is 3.17. The Balaban J connectivity index is 2.30. The molecule has 1 aromatic carbocycles. The summed E-state index contributed by atoms with van der Waals surface area (Å²) in [4.78, 5) is 0. The van der Waals surface area contributed by atoms with Gasteiger partial charge in [0, 0.05) is 12.0 Å². The Morgan fingerprint density at radius 1 is 1.25 bits per heavy atom. The zero-order valence-electron chi connectivity index (χ0n) is 10.9. The molecule has 0 spiro atoms. The van der Waals surface area contributed by atoms with E-state index in [1.54, 1.807) is 11.1 Å². The second kappa shape index (κ2) is 4.21. The highest BCUT2D eigenvalue weighted by Gasteiger charge is 2.35. The Morgan fingerprint density at radius 3 is 2.56 bits per heavy atom. The summed E-state index contributed by atoms with van der Waals surface area (Å²) in [6.07, 6.45) is 2.54. The molecule has 1 N–H and O–H groups in total. The predicted molar refractivity (Wildman–Crippen MR) is 69.8 cm³/mol. The quantitative estimate of drug-likeness (QED) is 0.801. The summed E-state index contributed by atoms with van der Waals surface area (Å²) in [7, 11) is 2.09. The third kappa shape index (κ3) is 2.01. The van der Waals surface area contributed by atoms with E-state index in [4.69, 9.17) is 0 Å². The number of aryl methyl sites for hydroxylation is 1. The van der Waals surface area contributed by atoms with Crippen LogP contribution in [0.3, 0.4) is 0 Å². The van der Waals surface area contributed by atoms with Gasteiger partial charge in [-0.25, -0.2) is 0 Å². The van der Waals surface area contributed by atoms with Gasteiger partial charge in [-0.15, -0.1) is 0 Å². The van der Waals surface area contributed by atoms with Gasteiger partial charge in [-0.1, -0.05) is 45.0 Å². The van der Waals surface area contributed by atoms with Crippen molar-refractivity contribution in [3.05, 3.63) is 35.4 Å². The van der Waals surface area contributed by atoms with Gasteiger partial charge in [-0.05, 0) is 36.4 Å². The Bertz CT molecular complexity index is 362. The fourth-order valence-electron chi connectivity index (χ4n) is 3.17. The highest BCUT2D eigenvalue weighted by molar-refractivity contribution is 5.36. The van der Waals surface area contributed by atoms with Crippen LogP contribution in [0.25, 0.3) is 0 Å². The molecule has 2 unspecified atom stereocenters. The molecule has 0 heterocycles. The van der Waals surface area contributed by atoms with Crippen LogP contribution in [0.5, 0.6) is 0 Å². The van der Waals surface area contributed by atoms with E-state index >= 15 is 0 Å². The molecule has 0 radical (unpaired) electrons. The topological polar surface area (TPSA) is 12.0 Å². The number of nitrogens with one attached hydrogen (secondary N) is 1. The van der Waals surface area contributed by atoms with Crippen molar-refractivity contribution in [1.82, 2.24) is 5.32 Å². The van der Waals surface area contributed by atoms with E-state index in [0.29, 0.717) is 17.4 Å². The predicted octanol–water partition coefficient (Wildman–Crippen LogP) is 3.35. The molecule has 0 aromatic heterocycles. The van der Waals surface area contributed by atoms with Crippen LogP contribution in [-0.4, -0.2) is 13.1 Å². The van der Waals surface area contributed by atoms with Crippen molar-refractivity contribution in [1.29, 1.82) is 0 Å². The lowest BCUT2D eigenvalue weighted by Gasteiger charge is -2.35. The first-order valence-electron chi connectivity index (χ1n) is 6.29. The van der Waals surface area contributed by atoms with Crippen molar-refractivity contribution in [2.75, 3.05) is 7.05 Å². The van der Waals surface area contributed by atoms with E-state index in [1.807, 2.05) is 0 Å². The molecule has 88 valence electrons. The summed E-state index contributed by atoms with van der Waals surface area (Å²) in [5, 5.41) is 3.52. The molecule has 1 aromatic rings. The Labute approximate surface area is 99.3 Å². The number of hydrogen-bond donors (Lipinski definition) is 1. The summed E-state index contributed by atoms with van der Waals surface area (Å²) < 4.78 is 0. The molecular weight excluding hydrogens is 194 g/mol. The summed E-state index contributed by atoms with van der Waals surface area (Å²) >= 11 is 0. The van der Waals surface area contributed by atoms with Gasteiger partial charge in [-0.3, -0.25) is 0 Å². The average molecular weight is 217 g/mol. The van der Waals surface area contributed by atoms with Crippen molar-refractivity contribution in [2.24, 2.45) is 5.41 Å². The highest BCUT2D eigenvalue weighted by atomic mass is 14.9. The van der Waals surface area contributed by atoms with Gasteiger partial charge >= 0.3 is 0 Å². The summed E-state index contributed by atoms with van der Waals surface area (Å²) in [5.74, 6) is 0.682. The first kappa shape index (κ1) is 11.7. The Hall–Kier alpha value is -0.820. The maximum atomic E-state index is 3.52. The molecule has 0 bridgehead atoms. The van der Waals surface area contributed by atoms with Crippen LogP contribution >= 0.6 is 0 Å². The average Bonchev–Trinajstić information content (AvgIpc) is 2.61. The van der Waals surface area contributed by atoms with Gasteiger partial charge in [0.25, 0.3) is 0 Å². The molecule has 0 aliphatic heterocycles. The van der Waals surface area contributed by atoms with Crippen LogP contribution in [0.2, 0.25) is 0 Å². The van der Waals surface area contributed by atoms with Crippen LogP contribution < -0.4 is 5.32 Å². The molecule has 1 aliphatic carbocycles. The smallest absolute Gasteiger partial charge is 0.0181 e. The van der Waals surface area contributed by atoms with Crippen LogP contribution in [0, 0.1) is 5.41 Å².